The minimum Gasteiger partial charge on any atom is -0.444 e. The molecule has 0 aliphatic carbocycles. The average Bonchev–Trinajstić information content (AvgIpc) is 1.89. The zero-order valence-electron chi connectivity index (χ0n) is 9.56. The van der Waals surface area contributed by atoms with E-state index in [1.165, 1.54) is 4.90 Å². The van der Waals surface area contributed by atoms with E-state index >= 15 is 0 Å². The Labute approximate surface area is 95.1 Å². The number of hydrogen-bond acceptors (Lipinski definition) is 4. The van der Waals surface area contributed by atoms with Crippen molar-refractivity contribution in [2.45, 2.75) is 32.4 Å². The Morgan fingerprint density at radius 1 is 1.44 bits per heavy atom. The van der Waals surface area contributed by atoms with Gasteiger partial charge in [0.15, 0.2) is 0 Å². The van der Waals surface area contributed by atoms with Crippen LogP contribution in [0.5, 0.6) is 0 Å². The van der Waals surface area contributed by atoms with Gasteiger partial charge in [0.2, 0.25) is 0 Å². The summed E-state index contributed by atoms with van der Waals surface area (Å²) in [5.41, 5.74) is -0.546. The van der Waals surface area contributed by atoms with Gasteiger partial charge in [0.25, 0.3) is 10.2 Å². The third-order valence-electron chi connectivity index (χ3n) is 1.86. The molecule has 0 saturated carbocycles. The van der Waals surface area contributed by atoms with E-state index in [-0.39, 0.29) is 19.1 Å². The molecule has 3 N–H and O–H groups in total. The SMILES string of the molecule is CC(C)(C)OC(=O)N1CC(NS(N)(=O)=O)C1. The maximum Gasteiger partial charge on any atom is 0.410 e. The molecule has 8 heteroatoms. The summed E-state index contributed by atoms with van der Waals surface area (Å²) < 4.78 is 28.6. The lowest BCUT2D eigenvalue weighted by molar-refractivity contribution is 0.00737. The third kappa shape index (κ3) is 4.33. The van der Waals surface area contributed by atoms with Gasteiger partial charge in [0, 0.05) is 13.1 Å². The van der Waals surface area contributed by atoms with Crippen molar-refractivity contribution in [3.8, 4) is 0 Å². The molecule has 0 unspecified atom stereocenters. The molecule has 0 aromatic carbocycles. The second-order valence-corrected chi connectivity index (χ2v) is 6.07. The molecule has 16 heavy (non-hydrogen) atoms. The molecule has 94 valence electrons. The van der Waals surface area contributed by atoms with E-state index in [0.717, 1.165) is 0 Å². The highest BCUT2D eigenvalue weighted by molar-refractivity contribution is 7.87. The number of ether oxygens (including phenoxy) is 1. The molecule has 1 aliphatic heterocycles. The summed E-state index contributed by atoms with van der Waals surface area (Å²) in [6.45, 7) is 5.87. The largest absolute Gasteiger partial charge is 0.444 e. The predicted molar refractivity (Wildman–Crippen MR) is 57.8 cm³/mol. The van der Waals surface area contributed by atoms with Gasteiger partial charge in [-0.2, -0.15) is 13.1 Å². The normalized spacial score (nSPS) is 18.1. The van der Waals surface area contributed by atoms with Crippen LogP contribution in [-0.2, 0) is 14.9 Å². The first-order valence-corrected chi connectivity index (χ1v) is 6.39. The van der Waals surface area contributed by atoms with Gasteiger partial charge < -0.3 is 9.64 Å². The van der Waals surface area contributed by atoms with Gasteiger partial charge in [-0.1, -0.05) is 0 Å². The van der Waals surface area contributed by atoms with E-state index in [2.05, 4.69) is 4.72 Å². The van der Waals surface area contributed by atoms with E-state index in [0.29, 0.717) is 0 Å². The summed E-state index contributed by atoms with van der Waals surface area (Å²) in [6.07, 6.45) is -0.444. The maximum absolute atomic E-state index is 11.4. The number of amides is 1. The van der Waals surface area contributed by atoms with Gasteiger partial charge in [0.1, 0.15) is 5.60 Å². The van der Waals surface area contributed by atoms with Gasteiger partial charge in [-0.05, 0) is 20.8 Å². The summed E-state index contributed by atoms with van der Waals surface area (Å²) in [6, 6.07) is -0.317. The van der Waals surface area contributed by atoms with Gasteiger partial charge in [-0.3, -0.25) is 0 Å². The van der Waals surface area contributed by atoms with E-state index in [1.807, 2.05) is 0 Å². The van der Waals surface area contributed by atoms with Crippen molar-refractivity contribution >= 4 is 16.3 Å². The van der Waals surface area contributed by atoms with Gasteiger partial charge in [-0.25, -0.2) is 9.93 Å². The highest BCUT2D eigenvalue weighted by Gasteiger charge is 2.35. The van der Waals surface area contributed by atoms with E-state index in [9.17, 15) is 13.2 Å². The molecular formula is C8H17N3O4S. The van der Waals surface area contributed by atoms with Crippen LogP contribution in [0, 0.1) is 0 Å². The minimum atomic E-state index is -3.70. The monoisotopic (exact) mass is 251 g/mol. The fraction of sp³-hybridized carbons (Fsp3) is 0.875. The Balaban J connectivity index is 2.34. The van der Waals surface area contributed by atoms with Crippen molar-refractivity contribution in [1.82, 2.24) is 9.62 Å². The zero-order chi connectivity index (χ0) is 12.6. The van der Waals surface area contributed by atoms with E-state index in [1.54, 1.807) is 20.8 Å². The standard InChI is InChI=1S/C8H17N3O4S/c1-8(2,3)15-7(12)11-4-6(5-11)10-16(9,13)14/h6,10H,4-5H2,1-3H3,(H2,9,13,14). The first-order valence-electron chi connectivity index (χ1n) is 4.85. The number of nitrogens with zero attached hydrogens (tertiary/aromatic N) is 1. The summed E-state index contributed by atoms with van der Waals surface area (Å²) in [5.74, 6) is 0. The predicted octanol–water partition coefficient (Wildman–Crippen LogP) is -0.601. The minimum absolute atomic E-state index is 0.283. The van der Waals surface area contributed by atoms with E-state index < -0.39 is 21.9 Å². The first kappa shape index (κ1) is 13.2. The van der Waals surface area contributed by atoms with Gasteiger partial charge >= 0.3 is 6.09 Å². The van der Waals surface area contributed by atoms with Crippen LogP contribution in [0.2, 0.25) is 0 Å². The van der Waals surface area contributed by atoms with Crippen molar-refractivity contribution < 1.29 is 17.9 Å². The lowest BCUT2D eigenvalue weighted by Crippen LogP contribution is -2.62. The lowest BCUT2D eigenvalue weighted by Gasteiger charge is -2.39. The third-order valence-corrected chi connectivity index (χ3v) is 2.53. The van der Waals surface area contributed by atoms with Crippen molar-refractivity contribution in [2.24, 2.45) is 5.14 Å². The van der Waals surface area contributed by atoms with Gasteiger partial charge in [0.05, 0.1) is 6.04 Å². The Morgan fingerprint density at radius 3 is 2.31 bits per heavy atom. The zero-order valence-corrected chi connectivity index (χ0v) is 10.4. The van der Waals surface area contributed by atoms with Gasteiger partial charge in [-0.15, -0.1) is 0 Å². The number of hydrogen-bond donors (Lipinski definition) is 2. The van der Waals surface area contributed by atoms with Crippen LogP contribution in [0.15, 0.2) is 0 Å². The van der Waals surface area contributed by atoms with Crippen LogP contribution < -0.4 is 9.86 Å². The number of nitrogens with one attached hydrogen (secondary N) is 1. The molecule has 0 bridgehead atoms. The Morgan fingerprint density at radius 2 is 1.94 bits per heavy atom. The summed E-state index contributed by atoms with van der Waals surface area (Å²) in [5, 5.41) is 4.80. The second kappa shape index (κ2) is 4.19. The van der Waals surface area contributed by atoms with Crippen LogP contribution in [0.25, 0.3) is 0 Å². The molecule has 1 aliphatic rings. The number of nitrogens with two attached hydrogens (primary N) is 1. The molecule has 1 amide bonds. The second-order valence-electron chi connectivity index (χ2n) is 4.75. The molecular weight excluding hydrogens is 234 g/mol. The molecule has 1 saturated heterocycles. The summed E-state index contributed by atoms with van der Waals surface area (Å²) in [4.78, 5) is 12.9. The van der Waals surface area contributed by atoms with E-state index in [4.69, 9.17) is 9.88 Å². The van der Waals surface area contributed by atoms with Crippen molar-refractivity contribution in [1.29, 1.82) is 0 Å². The molecule has 0 aromatic rings. The Hall–Kier alpha value is -0.860. The quantitative estimate of drug-likeness (QED) is 0.684. The van der Waals surface area contributed by atoms with Crippen LogP contribution in [0.1, 0.15) is 20.8 Å². The van der Waals surface area contributed by atoms with Crippen LogP contribution in [0.3, 0.4) is 0 Å². The molecule has 1 heterocycles. The fourth-order valence-electron chi connectivity index (χ4n) is 1.26. The number of carbonyl (C=O) groups is 1. The highest BCUT2D eigenvalue weighted by Crippen LogP contribution is 2.15. The maximum atomic E-state index is 11.4. The summed E-state index contributed by atoms with van der Waals surface area (Å²) >= 11 is 0. The van der Waals surface area contributed by atoms with Crippen molar-refractivity contribution in [3.05, 3.63) is 0 Å². The molecule has 7 nitrogen and oxygen atoms in total. The number of likely N-dealkylation sites (tertiary alicyclic amines) is 1. The Kier molecular flexibility index (Phi) is 3.46. The van der Waals surface area contributed by atoms with Crippen LogP contribution in [-0.4, -0.2) is 44.1 Å². The average molecular weight is 251 g/mol. The van der Waals surface area contributed by atoms with Crippen molar-refractivity contribution in [3.63, 3.8) is 0 Å². The lowest BCUT2D eigenvalue weighted by atomic mass is 10.1. The Bertz CT molecular complexity index is 367. The topological polar surface area (TPSA) is 102 Å². The highest BCUT2D eigenvalue weighted by atomic mass is 32.2. The molecule has 0 aromatic heterocycles. The molecule has 0 atom stereocenters. The molecule has 1 rings (SSSR count). The molecule has 0 radical (unpaired) electrons. The van der Waals surface area contributed by atoms with Crippen LogP contribution in [0.4, 0.5) is 4.79 Å². The molecule has 1 fully saturated rings. The van der Waals surface area contributed by atoms with Crippen molar-refractivity contribution in [2.75, 3.05) is 13.1 Å². The smallest absolute Gasteiger partial charge is 0.410 e. The number of rotatable bonds is 2. The fourth-order valence-corrected chi connectivity index (χ4v) is 1.87. The van der Waals surface area contributed by atoms with Crippen LogP contribution >= 0.6 is 0 Å². The summed E-state index contributed by atoms with van der Waals surface area (Å²) in [7, 11) is -3.70. The first-order chi connectivity index (χ1) is 7.07. The number of carbonyl (C=O) groups excluding carboxylic acids is 1. The molecule has 0 spiro atoms.